The first-order valence-electron chi connectivity index (χ1n) is 9.88. The van der Waals surface area contributed by atoms with Gasteiger partial charge in [0, 0.05) is 23.8 Å². The van der Waals surface area contributed by atoms with Crippen molar-refractivity contribution in [1.29, 1.82) is 0 Å². The molecule has 0 amide bonds. The van der Waals surface area contributed by atoms with Gasteiger partial charge in [-0.2, -0.15) is 0 Å². The van der Waals surface area contributed by atoms with Gasteiger partial charge in [-0.05, 0) is 24.6 Å². The highest BCUT2D eigenvalue weighted by Gasteiger charge is 2.03. The zero-order chi connectivity index (χ0) is 21.0. The standard InChI is InChI=1S/C15H12N2.C9H7N.C2H6O/c1-3-7-12(8-4-1)14-11-16-15(17-14)13-9-5-2-6-10-13;1-2-6-9-8(4-1)5-3-7-10-9;1-2-3/h1-11H,(H,16,17);1-7H;3H,2H2,1H3. The number of nitrogens with zero attached hydrogens (tertiary/aromatic N) is 2. The fraction of sp³-hybridized carbons (Fsp3) is 0.0769. The fourth-order valence-electron chi connectivity index (χ4n) is 2.84. The zero-order valence-electron chi connectivity index (χ0n) is 16.9. The molecule has 0 aliphatic rings. The summed E-state index contributed by atoms with van der Waals surface area (Å²) in [6, 6.07) is 32.4. The number of fused-ring (bicyclic) bond motifs is 1. The lowest BCUT2D eigenvalue weighted by Crippen LogP contribution is -1.80. The number of hydrogen-bond donors (Lipinski definition) is 2. The quantitative estimate of drug-likeness (QED) is 0.387. The Kier molecular flexibility index (Phi) is 7.89. The molecule has 0 saturated carbocycles. The lowest BCUT2D eigenvalue weighted by Gasteiger charge is -1.97. The Bertz CT molecular complexity index is 1020. The normalized spacial score (nSPS) is 9.80. The second kappa shape index (κ2) is 11.3. The van der Waals surface area contributed by atoms with Crippen LogP contribution in [0.15, 0.2) is 109 Å². The summed E-state index contributed by atoms with van der Waals surface area (Å²) in [6.07, 6.45) is 3.68. The van der Waals surface area contributed by atoms with E-state index < -0.39 is 0 Å². The number of para-hydroxylation sites is 1. The van der Waals surface area contributed by atoms with Crippen LogP contribution in [0, 0.1) is 0 Å². The SMILES string of the molecule is CCO.c1ccc(-c2cnc(-c3ccccc3)[nH]2)cc1.c1ccc2ncccc2c1. The molecule has 2 N–H and O–H groups in total. The number of aliphatic hydroxyl groups excluding tert-OH is 1. The van der Waals surface area contributed by atoms with Gasteiger partial charge < -0.3 is 10.1 Å². The van der Waals surface area contributed by atoms with Crippen LogP contribution in [0.3, 0.4) is 0 Å². The third-order valence-corrected chi connectivity index (χ3v) is 4.22. The van der Waals surface area contributed by atoms with Crippen LogP contribution in [-0.2, 0) is 0 Å². The summed E-state index contributed by atoms with van der Waals surface area (Å²) in [5.41, 5.74) is 4.37. The second-order valence-electron chi connectivity index (χ2n) is 6.39. The fourth-order valence-corrected chi connectivity index (χ4v) is 2.84. The van der Waals surface area contributed by atoms with E-state index in [1.807, 2.05) is 85.2 Å². The van der Waals surface area contributed by atoms with Gasteiger partial charge in [0.1, 0.15) is 5.82 Å². The Balaban J connectivity index is 0.000000167. The van der Waals surface area contributed by atoms with Gasteiger partial charge in [-0.15, -0.1) is 0 Å². The zero-order valence-corrected chi connectivity index (χ0v) is 16.9. The summed E-state index contributed by atoms with van der Waals surface area (Å²) >= 11 is 0. The minimum Gasteiger partial charge on any atom is -0.397 e. The molecule has 2 heterocycles. The predicted octanol–water partition coefficient (Wildman–Crippen LogP) is 5.98. The number of aromatic nitrogens is 3. The van der Waals surface area contributed by atoms with E-state index >= 15 is 0 Å². The molecule has 30 heavy (non-hydrogen) atoms. The highest BCUT2D eigenvalue weighted by atomic mass is 16.2. The number of imidazole rings is 1. The maximum absolute atomic E-state index is 7.57. The summed E-state index contributed by atoms with van der Waals surface area (Å²) in [5, 5.41) is 8.77. The lowest BCUT2D eigenvalue weighted by molar-refractivity contribution is 0.318. The summed E-state index contributed by atoms with van der Waals surface area (Å²) in [7, 11) is 0. The molecule has 0 aliphatic carbocycles. The molecule has 2 aromatic heterocycles. The number of hydrogen-bond acceptors (Lipinski definition) is 3. The van der Waals surface area contributed by atoms with E-state index in [1.54, 1.807) is 6.92 Å². The minimum atomic E-state index is 0.250. The molecule has 0 bridgehead atoms. The Morgan fingerprint density at radius 1 is 0.700 bits per heavy atom. The molecule has 5 aromatic rings. The smallest absolute Gasteiger partial charge is 0.137 e. The van der Waals surface area contributed by atoms with E-state index in [0.29, 0.717) is 0 Å². The van der Waals surface area contributed by atoms with Gasteiger partial charge in [-0.25, -0.2) is 4.98 Å². The largest absolute Gasteiger partial charge is 0.397 e. The molecule has 3 aromatic carbocycles. The molecule has 0 spiro atoms. The summed E-state index contributed by atoms with van der Waals surface area (Å²) in [5.74, 6) is 0.907. The minimum absolute atomic E-state index is 0.250. The number of nitrogens with one attached hydrogen (secondary N) is 1. The van der Waals surface area contributed by atoms with Crippen LogP contribution in [-0.4, -0.2) is 26.7 Å². The molecule has 0 atom stereocenters. The van der Waals surface area contributed by atoms with Gasteiger partial charge in [0.05, 0.1) is 17.4 Å². The second-order valence-corrected chi connectivity index (χ2v) is 6.39. The highest BCUT2D eigenvalue weighted by Crippen LogP contribution is 2.21. The molecule has 4 heteroatoms. The van der Waals surface area contributed by atoms with Crippen LogP contribution in [0.4, 0.5) is 0 Å². The molecule has 0 fully saturated rings. The van der Waals surface area contributed by atoms with Crippen LogP contribution >= 0.6 is 0 Å². The van der Waals surface area contributed by atoms with Crippen LogP contribution < -0.4 is 0 Å². The lowest BCUT2D eigenvalue weighted by atomic mass is 10.2. The van der Waals surface area contributed by atoms with Crippen LogP contribution in [0.2, 0.25) is 0 Å². The van der Waals surface area contributed by atoms with Gasteiger partial charge in [0.2, 0.25) is 0 Å². The molecular formula is C26H25N3O. The third-order valence-electron chi connectivity index (χ3n) is 4.22. The van der Waals surface area contributed by atoms with Crippen molar-refractivity contribution in [2.75, 3.05) is 6.61 Å². The molecule has 0 aliphatic heterocycles. The molecule has 5 rings (SSSR count). The van der Waals surface area contributed by atoms with Crippen molar-refractivity contribution in [2.45, 2.75) is 6.92 Å². The summed E-state index contributed by atoms with van der Waals surface area (Å²) in [4.78, 5) is 11.9. The van der Waals surface area contributed by atoms with Crippen molar-refractivity contribution >= 4 is 10.9 Å². The average Bonchev–Trinajstić information content (AvgIpc) is 3.32. The van der Waals surface area contributed by atoms with Gasteiger partial charge in [0.15, 0.2) is 0 Å². The van der Waals surface area contributed by atoms with Crippen LogP contribution in [0.5, 0.6) is 0 Å². The van der Waals surface area contributed by atoms with Crippen molar-refractivity contribution in [2.24, 2.45) is 0 Å². The first-order valence-corrected chi connectivity index (χ1v) is 9.88. The molecule has 4 nitrogen and oxygen atoms in total. The van der Waals surface area contributed by atoms with Gasteiger partial charge in [-0.3, -0.25) is 4.98 Å². The van der Waals surface area contributed by atoms with Gasteiger partial charge in [-0.1, -0.05) is 84.9 Å². The summed E-state index contributed by atoms with van der Waals surface area (Å²) in [6.45, 7) is 1.93. The molecular weight excluding hydrogens is 370 g/mol. The third kappa shape index (κ3) is 5.87. The predicted molar refractivity (Wildman–Crippen MR) is 124 cm³/mol. The van der Waals surface area contributed by atoms with Crippen molar-refractivity contribution in [3.8, 4) is 22.6 Å². The number of benzene rings is 3. The Labute approximate surface area is 176 Å². The van der Waals surface area contributed by atoms with E-state index in [-0.39, 0.29) is 6.61 Å². The maximum atomic E-state index is 7.57. The van der Waals surface area contributed by atoms with Crippen molar-refractivity contribution in [3.63, 3.8) is 0 Å². The van der Waals surface area contributed by atoms with E-state index in [1.165, 1.54) is 5.39 Å². The summed E-state index contributed by atoms with van der Waals surface area (Å²) < 4.78 is 0. The highest BCUT2D eigenvalue weighted by molar-refractivity contribution is 5.77. The molecule has 0 saturated heterocycles. The van der Waals surface area contributed by atoms with E-state index in [2.05, 4.69) is 39.2 Å². The topological polar surface area (TPSA) is 61.8 Å². The number of pyridine rings is 1. The van der Waals surface area contributed by atoms with E-state index in [9.17, 15) is 0 Å². The van der Waals surface area contributed by atoms with Crippen molar-refractivity contribution in [1.82, 2.24) is 15.0 Å². The Morgan fingerprint density at radius 3 is 1.93 bits per heavy atom. The van der Waals surface area contributed by atoms with Crippen LogP contribution in [0.1, 0.15) is 6.92 Å². The van der Waals surface area contributed by atoms with Gasteiger partial charge in [0.25, 0.3) is 0 Å². The molecule has 150 valence electrons. The first kappa shape index (κ1) is 21.0. The first-order chi connectivity index (χ1) is 14.8. The van der Waals surface area contributed by atoms with Crippen molar-refractivity contribution < 1.29 is 5.11 Å². The van der Waals surface area contributed by atoms with E-state index in [4.69, 9.17) is 5.11 Å². The van der Waals surface area contributed by atoms with Crippen LogP contribution in [0.25, 0.3) is 33.5 Å². The Morgan fingerprint density at radius 2 is 1.27 bits per heavy atom. The number of aliphatic hydroxyl groups is 1. The van der Waals surface area contributed by atoms with Gasteiger partial charge >= 0.3 is 0 Å². The van der Waals surface area contributed by atoms with Crippen molar-refractivity contribution in [3.05, 3.63) is 109 Å². The average molecular weight is 396 g/mol. The maximum Gasteiger partial charge on any atom is 0.137 e. The number of rotatable bonds is 2. The molecule has 0 unspecified atom stereocenters. The van der Waals surface area contributed by atoms with E-state index in [0.717, 1.165) is 28.2 Å². The number of H-pyrrole nitrogens is 1. The molecule has 0 radical (unpaired) electrons. The number of aromatic amines is 1. The monoisotopic (exact) mass is 395 g/mol. The Hall–Kier alpha value is -3.76.